The van der Waals surface area contributed by atoms with Crippen LogP contribution in [0, 0.1) is 16.0 Å². The second-order valence-electron chi connectivity index (χ2n) is 9.01. The molecule has 3 aromatic carbocycles. The van der Waals surface area contributed by atoms with Crippen LogP contribution in [0.2, 0.25) is 0 Å². The second kappa shape index (κ2) is 10.7. The van der Waals surface area contributed by atoms with Crippen molar-refractivity contribution >= 4 is 44.3 Å². The van der Waals surface area contributed by atoms with Gasteiger partial charge in [-0.2, -0.15) is 0 Å². The van der Waals surface area contributed by atoms with Crippen LogP contribution in [0.5, 0.6) is 5.75 Å². The van der Waals surface area contributed by atoms with Crippen LogP contribution in [0.25, 0.3) is 22.6 Å². The van der Waals surface area contributed by atoms with Gasteiger partial charge in [0.1, 0.15) is 11.3 Å². The fourth-order valence-corrected chi connectivity index (χ4v) is 5.02. The Morgan fingerprint density at radius 1 is 1.16 bits per heavy atom. The number of carbonyl (C=O) groups excluding carboxylic acids is 1. The number of nitro groups is 1. The summed E-state index contributed by atoms with van der Waals surface area (Å²) < 4.78 is 12.0. The van der Waals surface area contributed by atoms with Crippen molar-refractivity contribution < 1.29 is 18.9 Å². The number of ether oxygens (including phenoxy) is 1. The van der Waals surface area contributed by atoms with Gasteiger partial charge in [0.25, 0.3) is 5.69 Å². The van der Waals surface area contributed by atoms with Crippen molar-refractivity contribution in [2.45, 2.75) is 19.4 Å². The zero-order chi connectivity index (χ0) is 25.9. The number of likely N-dealkylation sites (tertiary alicyclic amines) is 1. The Hall–Kier alpha value is -3.76. The molecule has 0 aliphatic carbocycles. The molecule has 2 heterocycles. The Labute approximate surface area is 221 Å². The maximum atomic E-state index is 12.9. The van der Waals surface area contributed by atoms with Crippen LogP contribution in [0.1, 0.15) is 18.4 Å². The molecule has 10 heteroatoms. The summed E-state index contributed by atoms with van der Waals surface area (Å²) in [5.74, 6) is 1.12. The third-order valence-electron chi connectivity index (χ3n) is 6.57. The lowest BCUT2D eigenvalue weighted by molar-refractivity contribution is -0.384. The van der Waals surface area contributed by atoms with E-state index in [4.69, 9.17) is 9.15 Å². The summed E-state index contributed by atoms with van der Waals surface area (Å²) in [4.78, 5) is 30.2. The molecule has 5 rings (SSSR count). The topological polar surface area (TPSA) is 111 Å². The highest BCUT2D eigenvalue weighted by atomic mass is 79.9. The standard InChI is InChI=1S/C27H25BrN4O5/c1-36-21-7-8-22(23(28)15-21)27-30-24-9-4-19(14-25(24)37-27)29-26(33)18-10-12-31(13-11-18)16-17-2-5-20(6-3-17)32(34)35/h2-9,14-15,18H,10-13,16H2,1H3,(H,29,33). The number of oxazole rings is 1. The fraction of sp³-hybridized carbons (Fsp3) is 0.259. The number of halogens is 1. The van der Waals surface area contributed by atoms with E-state index in [0.717, 1.165) is 47.3 Å². The smallest absolute Gasteiger partial charge is 0.269 e. The quantitative estimate of drug-likeness (QED) is 0.215. The Kier molecular flexibility index (Phi) is 7.20. The molecule has 9 nitrogen and oxygen atoms in total. The molecule has 1 aliphatic heterocycles. The maximum absolute atomic E-state index is 12.9. The number of amides is 1. The predicted octanol–water partition coefficient (Wildman–Crippen LogP) is 6.02. The van der Waals surface area contributed by atoms with Crippen LogP contribution in [0.15, 0.2) is 69.6 Å². The third-order valence-corrected chi connectivity index (χ3v) is 7.23. The first kappa shape index (κ1) is 24.9. The van der Waals surface area contributed by atoms with Crippen LogP contribution in [0.3, 0.4) is 0 Å². The first-order valence-electron chi connectivity index (χ1n) is 11.9. The second-order valence-corrected chi connectivity index (χ2v) is 9.86. The third kappa shape index (κ3) is 5.65. The highest BCUT2D eigenvalue weighted by molar-refractivity contribution is 9.10. The normalized spacial score (nSPS) is 14.5. The fourth-order valence-electron chi connectivity index (χ4n) is 4.49. The molecule has 190 valence electrons. The predicted molar refractivity (Wildman–Crippen MR) is 143 cm³/mol. The summed E-state index contributed by atoms with van der Waals surface area (Å²) in [7, 11) is 1.61. The maximum Gasteiger partial charge on any atom is 0.269 e. The lowest BCUT2D eigenvalue weighted by atomic mass is 9.95. The van der Waals surface area contributed by atoms with Crippen LogP contribution in [0.4, 0.5) is 11.4 Å². The SMILES string of the molecule is COc1ccc(-c2nc3ccc(NC(=O)C4CCN(Cc5ccc([N+](=O)[O-])cc5)CC4)cc3o2)c(Br)c1. The number of anilines is 1. The Balaban J connectivity index is 1.19. The number of nitrogens with one attached hydrogen (secondary N) is 1. The Bertz CT molecular complexity index is 1450. The minimum absolute atomic E-state index is 0.00743. The molecule has 0 radical (unpaired) electrons. The average Bonchev–Trinajstić information content (AvgIpc) is 3.32. The minimum atomic E-state index is -0.396. The van der Waals surface area contributed by atoms with Crippen molar-refractivity contribution in [1.29, 1.82) is 0 Å². The van der Waals surface area contributed by atoms with Gasteiger partial charge < -0.3 is 14.5 Å². The molecule has 1 aliphatic rings. The number of methoxy groups -OCH3 is 1. The zero-order valence-corrected chi connectivity index (χ0v) is 21.7. The van der Waals surface area contributed by atoms with Crippen LogP contribution >= 0.6 is 15.9 Å². The molecular formula is C27H25BrN4O5. The molecule has 1 amide bonds. The summed E-state index contributed by atoms with van der Waals surface area (Å²) in [5.41, 5.74) is 3.89. The highest BCUT2D eigenvalue weighted by Crippen LogP contribution is 2.33. The van der Waals surface area contributed by atoms with Crippen molar-refractivity contribution in [3.63, 3.8) is 0 Å². The van der Waals surface area contributed by atoms with E-state index in [2.05, 4.69) is 31.1 Å². The Morgan fingerprint density at radius 3 is 2.59 bits per heavy atom. The van der Waals surface area contributed by atoms with Gasteiger partial charge in [0.15, 0.2) is 5.58 Å². The Morgan fingerprint density at radius 2 is 1.92 bits per heavy atom. The van der Waals surface area contributed by atoms with E-state index >= 15 is 0 Å². The lowest BCUT2D eigenvalue weighted by Crippen LogP contribution is -2.37. The number of rotatable bonds is 7. The van der Waals surface area contributed by atoms with E-state index in [1.54, 1.807) is 25.3 Å². The van der Waals surface area contributed by atoms with E-state index in [-0.39, 0.29) is 17.5 Å². The zero-order valence-electron chi connectivity index (χ0n) is 20.1. The molecule has 1 N–H and O–H groups in total. The van der Waals surface area contributed by atoms with Gasteiger partial charge in [0.05, 0.1) is 17.6 Å². The van der Waals surface area contributed by atoms with Gasteiger partial charge in [-0.05, 0) is 77.8 Å². The number of carbonyl (C=O) groups is 1. The molecule has 1 aromatic heterocycles. The number of piperidine rings is 1. The van der Waals surface area contributed by atoms with Crippen molar-refractivity contribution in [3.05, 3.63) is 80.8 Å². The summed E-state index contributed by atoms with van der Waals surface area (Å²) in [6.45, 7) is 2.29. The number of non-ortho nitro benzene ring substituents is 1. The number of aromatic nitrogens is 1. The van der Waals surface area contributed by atoms with Gasteiger partial charge in [-0.15, -0.1) is 0 Å². The molecule has 1 saturated heterocycles. The number of nitro benzene ring substituents is 1. The summed E-state index contributed by atoms with van der Waals surface area (Å²) in [6, 6.07) is 17.7. The van der Waals surface area contributed by atoms with Crippen LogP contribution in [-0.4, -0.2) is 40.9 Å². The van der Waals surface area contributed by atoms with Crippen molar-refractivity contribution in [2.24, 2.45) is 5.92 Å². The van der Waals surface area contributed by atoms with Gasteiger partial charge in [0.2, 0.25) is 11.8 Å². The molecule has 0 bridgehead atoms. The summed E-state index contributed by atoms with van der Waals surface area (Å²) in [5, 5.41) is 13.9. The van der Waals surface area contributed by atoms with E-state index in [1.807, 2.05) is 30.3 Å². The van der Waals surface area contributed by atoms with Crippen LogP contribution < -0.4 is 10.1 Å². The largest absolute Gasteiger partial charge is 0.497 e. The van der Waals surface area contributed by atoms with E-state index in [0.29, 0.717) is 29.2 Å². The molecule has 0 spiro atoms. The first-order chi connectivity index (χ1) is 17.9. The molecule has 0 saturated carbocycles. The van der Waals surface area contributed by atoms with Crippen molar-refractivity contribution in [1.82, 2.24) is 9.88 Å². The number of hydrogen-bond acceptors (Lipinski definition) is 7. The monoisotopic (exact) mass is 564 g/mol. The van der Waals surface area contributed by atoms with Gasteiger partial charge >= 0.3 is 0 Å². The van der Waals surface area contributed by atoms with E-state index in [9.17, 15) is 14.9 Å². The molecule has 4 aromatic rings. The molecule has 0 atom stereocenters. The number of nitrogens with zero attached hydrogens (tertiary/aromatic N) is 3. The van der Waals surface area contributed by atoms with Gasteiger partial charge in [0, 0.05) is 40.8 Å². The minimum Gasteiger partial charge on any atom is -0.497 e. The van der Waals surface area contributed by atoms with E-state index < -0.39 is 4.92 Å². The summed E-state index contributed by atoms with van der Waals surface area (Å²) >= 11 is 3.54. The highest BCUT2D eigenvalue weighted by Gasteiger charge is 2.25. The van der Waals surface area contributed by atoms with Crippen molar-refractivity contribution in [3.8, 4) is 17.2 Å². The molecule has 0 unspecified atom stereocenters. The van der Waals surface area contributed by atoms with Gasteiger partial charge in [-0.25, -0.2) is 4.98 Å². The van der Waals surface area contributed by atoms with Gasteiger partial charge in [-0.3, -0.25) is 19.8 Å². The summed E-state index contributed by atoms with van der Waals surface area (Å²) in [6.07, 6.45) is 1.50. The molecule has 37 heavy (non-hydrogen) atoms. The molecular weight excluding hydrogens is 540 g/mol. The van der Waals surface area contributed by atoms with Gasteiger partial charge in [-0.1, -0.05) is 12.1 Å². The van der Waals surface area contributed by atoms with E-state index in [1.165, 1.54) is 12.1 Å². The number of fused-ring (bicyclic) bond motifs is 1. The lowest BCUT2D eigenvalue weighted by Gasteiger charge is -2.31. The molecule has 1 fully saturated rings. The van der Waals surface area contributed by atoms with Crippen molar-refractivity contribution in [2.75, 3.05) is 25.5 Å². The number of hydrogen-bond donors (Lipinski definition) is 1. The number of benzene rings is 3. The average molecular weight is 565 g/mol. The first-order valence-corrected chi connectivity index (χ1v) is 12.7. The van der Waals surface area contributed by atoms with Crippen LogP contribution in [-0.2, 0) is 11.3 Å².